The normalized spacial score (nSPS) is 15.0. The second-order valence-corrected chi connectivity index (χ2v) is 3.88. The molecule has 6 heteroatoms. The van der Waals surface area contributed by atoms with Crippen LogP contribution in [0.5, 0.6) is 0 Å². The van der Waals surface area contributed by atoms with Crippen LogP contribution in [0.15, 0.2) is 18.2 Å². The van der Waals surface area contributed by atoms with Crippen LogP contribution in [0.1, 0.15) is 38.0 Å². The average molecular weight is 250 g/mol. The summed E-state index contributed by atoms with van der Waals surface area (Å²) in [6.45, 7) is 1.34. The molecule has 0 spiro atoms. The van der Waals surface area contributed by atoms with Gasteiger partial charge in [0.25, 0.3) is 0 Å². The van der Waals surface area contributed by atoms with Crippen molar-refractivity contribution in [3.8, 4) is 0 Å². The Morgan fingerprint density at radius 3 is 2.67 bits per heavy atom. The molecule has 1 aromatic carbocycles. The van der Waals surface area contributed by atoms with Crippen molar-refractivity contribution in [3.63, 3.8) is 0 Å². The number of hydrogen-bond acceptors (Lipinski definition) is 6. The summed E-state index contributed by atoms with van der Waals surface area (Å²) in [5.41, 5.74) is 0.305. The predicted octanol–water partition coefficient (Wildman–Crippen LogP) is 0.535. The van der Waals surface area contributed by atoms with E-state index in [1.165, 1.54) is 25.1 Å². The second-order valence-electron chi connectivity index (χ2n) is 3.88. The van der Waals surface area contributed by atoms with Crippen molar-refractivity contribution in [2.45, 2.75) is 13.0 Å². The first-order valence-electron chi connectivity index (χ1n) is 5.25. The zero-order chi connectivity index (χ0) is 13.3. The molecule has 18 heavy (non-hydrogen) atoms. The SMILES string of the molecule is CC(O)COC(=O)c1ccc2c(c1)C(=O)OC2=O. The summed E-state index contributed by atoms with van der Waals surface area (Å²) >= 11 is 0. The minimum atomic E-state index is -0.778. The molecule has 1 aliphatic heterocycles. The Labute approximate surface area is 102 Å². The van der Waals surface area contributed by atoms with Crippen LogP contribution in [-0.4, -0.2) is 35.7 Å². The molecule has 1 aromatic rings. The van der Waals surface area contributed by atoms with E-state index in [4.69, 9.17) is 9.84 Å². The fraction of sp³-hybridized carbons (Fsp3) is 0.250. The molecular weight excluding hydrogens is 240 g/mol. The highest BCUT2D eigenvalue weighted by atomic mass is 16.6. The van der Waals surface area contributed by atoms with Gasteiger partial charge >= 0.3 is 17.9 Å². The van der Waals surface area contributed by atoms with E-state index in [-0.39, 0.29) is 23.3 Å². The van der Waals surface area contributed by atoms with E-state index in [1.54, 1.807) is 0 Å². The van der Waals surface area contributed by atoms with E-state index < -0.39 is 24.0 Å². The summed E-state index contributed by atoms with van der Waals surface area (Å²) in [4.78, 5) is 34.0. The molecule has 0 saturated carbocycles. The molecule has 1 aliphatic rings. The van der Waals surface area contributed by atoms with Crippen molar-refractivity contribution in [2.75, 3.05) is 6.61 Å². The molecular formula is C12H10O6. The maximum absolute atomic E-state index is 11.6. The van der Waals surface area contributed by atoms with Crippen LogP contribution < -0.4 is 0 Å². The van der Waals surface area contributed by atoms with Crippen molar-refractivity contribution in [3.05, 3.63) is 34.9 Å². The summed E-state index contributed by atoms with van der Waals surface area (Å²) < 4.78 is 9.18. The highest BCUT2D eigenvalue weighted by molar-refractivity contribution is 6.15. The molecule has 0 aromatic heterocycles. The van der Waals surface area contributed by atoms with Gasteiger partial charge in [0, 0.05) is 0 Å². The minimum Gasteiger partial charge on any atom is -0.459 e. The Morgan fingerprint density at radius 1 is 1.33 bits per heavy atom. The zero-order valence-corrected chi connectivity index (χ0v) is 9.50. The third kappa shape index (κ3) is 2.23. The summed E-state index contributed by atoms with van der Waals surface area (Å²) in [6.07, 6.45) is -0.769. The fourth-order valence-electron chi connectivity index (χ4n) is 1.49. The largest absolute Gasteiger partial charge is 0.459 e. The van der Waals surface area contributed by atoms with E-state index >= 15 is 0 Å². The number of carbonyl (C=O) groups excluding carboxylic acids is 3. The molecule has 94 valence electrons. The summed E-state index contributed by atoms with van der Waals surface area (Å²) in [5.74, 6) is -2.18. The maximum Gasteiger partial charge on any atom is 0.346 e. The van der Waals surface area contributed by atoms with Crippen molar-refractivity contribution in [1.82, 2.24) is 0 Å². The van der Waals surface area contributed by atoms with Gasteiger partial charge in [0.15, 0.2) is 0 Å². The van der Waals surface area contributed by atoms with Gasteiger partial charge in [-0.3, -0.25) is 0 Å². The highest BCUT2D eigenvalue weighted by Gasteiger charge is 2.30. The van der Waals surface area contributed by atoms with Gasteiger partial charge in [-0.1, -0.05) is 0 Å². The number of aliphatic hydroxyl groups is 1. The lowest BCUT2D eigenvalue weighted by Gasteiger charge is -2.06. The molecule has 0 amide bonds. The van der Waals surface area contributed by atoms with E-state index in [0.29, 0.717) is 0 Å². The number of ether oxygens (including phenoxy) is 2. The van der Waals surface area contributed by atoms with Crippen LogP contribution >= 0.6 is 0 Å². The number of carbonyl (C=O) groups is 3. The molecule has 0 saturated heterocycles. The van der Waals surface area contributed by atoms with Crippen molar-refractivity contribution in [2.24, 2.45) is 0 Å². The smallest absolute Gasteiger partial charge is 0.346 e. The van der Waals surface area contributed by atoms with Crippen molar-refractivity contribution in [1.29, 1.82) is 0 Å². The second kappa shape index (κ2) is 4.58. The number of fused-ring (bicyclic) bond motifs is 1. The Hall–Kier alpha value is -2.21. The predicted molar refractivity (Wildman–Crippen MR) is 58.2 cm³/mol. The summed E-state index contributed by atoms with van der Waals surface area (Å²) in [7, 11) is 0. The van der Waals surface area contributed by atoms with Gasteiger partial charge in [-0.25, -0.2) is 14.4 Å². The summed E-state index contributed by atoms with van der Waals surface area (Å²) in [6, 6.07) is 3.94. The third-order valence-electron chi connectivity index (χ3n) is 2.34. The van der Waals surface area contributed by atoms with Crippen LogP contribution in [-0.2, 0) is 9.47 Å². The number of cyclic esters (lactones) is 2. The van der Waals surface area contributed by atoms with Crippen molar-refractivity contribution < 1.29 is 29.0 Å². The zero-order valence-electron chi connectivity index (χ0n) is 9.50. The minimum absolute atomic E-state index is 0.0477. The van der Waals surface area contributed by atoms with Gasteiger partial charge in [0.2, 0.25) is 0 Å². The lowest BCUT2D eigenvalue weighted by atomic mass is 10.1. The molecule has 1 atom stereocenters. The van der Waals surface area contributed by atoms with Crippen LogP contribution in [0, 0.1) is 0 Å². The topological polar surface area (TPSA) is 89.9 Å². The molecule has 0 fully saturated rings. The van der Waals surface area contributed by atoms with Crippen LogP contribution in [0.25, 0.3) is 0 Å². The molecule has 6 nitrogen and oxygen atoms in total. The quantitative estimate of drug-likeness (QED) is 0.621. The Morgan fingerprint density at radius 2 is 2.00 bits per heavy atom. The monoisotopic (exact) mass is 250 g/mol. The molecule has 0 radical (unpaired) electrons. The molecule has 0 bridgehead atoms. The Bertz CT molecular complexity index is 531. The van der Waals surface area contributed by atoms with Gasteiger partial charge in [0.05, 0.1) is 22.8 Å². The molecule has 1 unspecified atom stereocenters. The first kappa shape index (κ1) is 12.3. The van der Waals surface area contributed by atoms with Gasteiger partial charge in [-0.15, -0.1) is 0 Å². The van der Waals surface area contributed by atoms with Crippen LogP contribution in [0.4, 0.5) is 0 Å². The highest BCUT2D eigenvalue weighted by Crippen LogP contribution is 2.21. The first-order valence-corrected chi connectivity index (χ1v) is 5.25. The van der Waals surface area contributed by atoms with E-state index in [1.807, 2.05) is 0 Å². The average Bonchev–Trinajstić information content (AvgIpc) is 2.61. The summed E-state index contributed by atoms with van der Waals surface area (Å²) in [5, 5.41) is 8.98. The van der Waals surface area contributed by atoms with E-state index in [9.17, 15) is 14.4 Å². The third-order valence-corrected chi connectivity index (χ3v) is 2.34. The Kier molecular flexibility index (Phi) is 3.12. The lowest BCUT2D eigenvalue weighted by Crippen LogP contribution is -2.15. The van der Waals surface area contributed by atoms with Crippen molar-refractivity contribution >= 4 is 17.9 Å². The van der Waals surface area contributed by atoms with Gasteiger partial charge < -0.3 is 14.6 Å². The van der Waals surface area contributed by atoms with Gasteiger partial charge in [-0.2, -0.15) is 0 Å². The number of rotatable bonds is 3. The number of esters is 3. The number of aliphatic hydroxyl groups excluding tert-OH is 1. The first-order chi connectivity index (χ1) is 8.49. The van der Waals surface area contributed by atoms with Gasteiger partial charge in [-0.05, 0) is 25.1 Å². The molecule has 2 rings (SSSR count). The standard InChI is InChI=1S/C12H10O6/c1-6(13)5-17-10(14)7-2-3-8-9(4-7)12(16)18-11(8)15/h2-4,6,13H,5H2,1H3. The lowest BCUT2D eigenvalue weighted by molar-refractivity contribution is 0.0296. The molecule has 1 heterocycles. The number of benzene rings is 1. The van der Waals surface area contributed by atoms with E-state index in [2.05, 4.69) is 4.74 Å². The van der Waals surface area contributed by atoms with Gasteiger partial charge in [0.1, 0.15) is 6.61 Å². The number of hydrogen-bond donors (Lipinski definition) is 1. The van der Waals surface area contributed by atoms with Crippen LogP contribution in [0.3, 0.4) is 0 Å². The molecule has 1 N–H and O–H groups in total. The fourth-order valence-corrected chi connectivity index (χ4v) is 1.49. The molecule has 0 aliphatic carbocycles. The van der Waals surface area contributed by atoms with E-state index in [0.717, 1.165) is 0 Å². The Balaban J connectivity index is 2.22. The van der Waals surface area contributed by atoms with Crippen LogP contribution in [0.2, 0.25) is 0 Å². The maximum atomic E-state index is 11.6.